The summed E-state index contributed by atoms with van der Waals surface area (Å²) >= 11 is 6.92. The fourth-order valence-electron chi connectivity index (χ4n) is 1.81. The van der Waals surface area contributed by atoms with E-state index in [1.54, 1.807) is 0 Å². The molecule has 0 saturated heterocycles. The van der Waals surface area contributed by atoms with Gasteiger partial charge in [-0.1, -0.05) is 31.3 Å². The number of hydrogen-bond donors (Lipinski definition) is 1. The fourth-order valence-corrected chi connectivity index (χ4v) is 2.55. The first kappa shape index (κ1) is 14.2. The van der Waals surface area contributed by atoms with E-state index in [9.17, 15) is 0 Å². The molecular formula is C14H17NO2S2. The Kier molecular flexibility index (Phi) is 5.10. The minimum Gasteiger partial charge on any atom is -0.489 e. The van der Waals surface area contributed by atoms with Gasteiger partial charge in [0.1, 0.15) is 10.6 Å². The molecule has 2 N–H and O–H groups in total. The van der Waals surface area contributed by atoms with E-state index in [2.05, 4.69) is 6.92 Å². The molecule has 0 aliphatic carbocycles. The van der Waals surface area contributed by atoms with Crippen LogP contribution in [0.3, 0.4) is 0 Å². The maximum absolute atomic E-state index is 5.82. The summed E-state index contributed by atoms with van der Waals surface area (Å²) in [7, 11) is 0. The Morgan fingerprint density at radius 3 is 2.95 bits per heavy atom. The van der Waals surface area contributed by atoms with Crippen LogP contribution in [0.4, 0.5) is 0 Å². The van der Waals surface area contributed by atoms with Crippen LogP contribution >= 0.6 is 24.0 Å². The predicted molar refractivity (Wildman–Crippen MR) is 85.2 cm³/mol. The number of fused-ring (bicyclic) bond motifs is 1. The van der Waals surface area contributed by atoms with E-state index in [0.717, 1.165) is 28.9 Å². The average molecular weight is 295 g/mol. The summed E-state index contributed by atoms with van der Waals surface area (Å²) in [6.45, 7) is 2.80. The number of rotatable bonds is 7. The monoisotopic (exact) mass is 295 g/mol. The third-order valence-corrected chi connectivity index (χ3v) is 3.83. The number of nitrogens with two attached hydrogens (primary N) is 1. The number of benzene rings is 1. The Morgan fingerprint density at radius 1 is 1.42 bits per heavy atom. The first-order valence-corrected chi connectivity index (χ1v) is 7.82. The smallest absolute Gasteiger partial charge is 0.204 e. The van der Waals surface area contributed by atoms with E-state index in [4.69, 9.17) is 27.1 Å². The molecule has 0 saturated carbocycles. The Morgan fingerprint density at radius 2 is 2.21 bits per heavy atom. The van der Waals surface area contributed by atoms with Gasteiger partial charge in [-0.05, 0) is 30.1 Å². The maximum atomic E-state index is 5.82. The zero-order valence-electron chi connectivity index (χ0n) is 10.8. The number of ether oxygens (including phenoxy) is 1. The third kappa shape index (κ3) is 3.42. The SMILES string of the molecule is CCSCCCOc1c(C(N)=S)oc2ccccc12. The van der Waals surface area contributed by atoms with Crippen molar-refractivity contribution in [3.63, 3.8) is 0 Å². The molecule has 2 aromatic rings. The number of hydrogen-bond acceptors (Lipinski definition) is 4. The van der Waals surface area contributed by atoms with Gasteiger partial charge in [0.15, 0.2) is 5.75 Å². The molecule has 0 unspecified atom stereocenters. The quantitative estimate of drug-likeness (QED) is 0.625. The molecule has 5 heteroatoms. The van der Waals surface area contributed by atoms with Gasteiger partial charge >= 0.3 is 0 Å². The van der Waals surface area contributed by atoms with E-state index in [-0.39, 0.29) is 4.99 Å². The highest BCUT2D eigenvalue weighted by Crippen LogP contribution is 2.33. The highest BCUT2D eigenvalue weighted by molar-refractivity contribution is 7.99. The molecule has 0 atom stereocenters. The maximum Gasteiger partial charge on any atom is 0.204 e. The lowest BCUT2D eigenvalue weighted by molar-refractivity contribution is 0.316. The third-order valence-electron chi connectivity index (χ3n) is 2.66. The number of thioether (sulfide) groups is 1. The van der Waals surface area contributed by atoms with Crippen LogP contribution in [-0.2, 0) is 0 Å². The van der Waals surface area contributed by atoms with Gasteiger partial charge in [0.2, 0.25) is 5.76 Å². The lowest BCUT2D eigenvalue weighted by Gasteiger charge is -2.05. The van der Waals surface area contributed by atoms with E-state index in [0.29, 0.717) is 18.1 Å². The summed E-state index contributed by atoms with van der Waals surface area (Å²) in [6, 6.07) is 7.70. The minimum absolute atomic E-state index is 0.231. The van der Waals surface area contributed by atoms with Crippen LogP contribution in [0.1, 0.15) is 19.1 Å². The predicted octanol–water partition coefficient (Wildman–Crippen LogP) is 3.59. The lowest BCUT2D eigenvalue weighted by atomic mass is 10.2. The van der Waals surface area contributed by atoms with E-state index in [1.165, 1.54) is 0 Å². The molecule has 1 heterocycles. The van der Waals surface area contributed by atoms with Crippen LogP contribution in [0.25, 0.3) is 11.0 Å². The summed E-state index contributed by atoms with van der Waals surface area (Å²) in [5.74, 6) is 3.37. The second kappa shape index (κ2) is 6.82. The Hall–Kier alpha value is -1.20. The molecule has 3 nitrogen and oxygen atoms in total. The second-order valence-electron chi connectivity index (χ2n) is 4.02. The standard InChI is InChI=1S/C14H17NO2S2/c1-2-19-9-5-8-16-12-10-6-3-4-7-11(10)17-13(12)14(15)18/h3-4,6-7H,2,5,8-9H2,1H3,(H2,15,18). The molecule has 0 aliphatic heterocycles. The summed E-state index contributed by atoms with van der Waals surface area (Å²) in [4.78, 5) is 0.231. The van der Waals surface area contributed by atoms with Crippen molar-refractivity contribution in [2.24, 2.45) is 5.73 Å². The Balaban J connectivity index is 2.15. The normalized spacial score (nSPS) is 10.8. The minimum atomic E-state index is 0.231. The van der Waals surface area contributed by atoms with Crippen molar-refractivity contribution in [1.82, 2.24) is 0 Å². The largest absolute Gasteiger partial charge is 0.489 e. The molecule has 0 spiro atoms. The Bertz CT molecular complexity index is 566. The highest BCUT2D eigenvalue weighted by atomic mass is 32.2. The molecule has 19 heavy (non-hydrogen) atoms. The molecule has 0 aliphatic rings. The van der Waals surface area contributed by atoms with Gasteiger partial charge in [0.25, 0.3) is 0 Å². The summed E-state index contributed by atoms with van der Waals surface area (Å²) < 4.78 is 11.5. The number of furan rings is 1. The van der Waals surface area contributed by atoms with Crippen LogP contribution in [0, 0.1) is 0 Å². The van der Waals surface area contributed by atoms with Gasteiger partial charge < -0.3 is 14.9 Å². The molecular weight excluding hydrogens is 278 g/mol. The number of para-hydroxylation sites is 1. The molecule has 0 amide bonds. The molecule has 0 bridgehead atoms. The van der Waals surface area contributed by atoms with Gasteiger partial charge in [-0.3, -0.25) is 0 Å². The van der Waals surface area contributed by atoms with Crippen LogP contribution in [0.15, 0.2) is 28.7 Å². The molecule has 2 rings (SSSR count). The zero-order valence-corrected chi connectivity index (χ0v) is 12.5. The zero-order chi connectivity index (χ0) is 13.7. The summed E-state index contributed by atoms with van der Waals surface area (Å²) in [5, 5.41) is 0.924. The van der Waals surface area contributed by atoms with Crippen molar-refractivity contribution in [2.45, 2.75) is 13.3 Å². The second-order valence-corrected chi connectivity index (χ2v) is 5.85. The van der Waals surface area contributed by atoms with Crippen molar-refractivity contribution in [1.29, 1.82) is 0 Å². The van der Waals surface area contributed by atoms with Crippen molar-refractivity contribution >= 4 is 39.9 Å². The fraction of sp³-hybridized carbons (Fsp3) is 0.357. The molecule has 0 radical (unpaired) electrons. The van der Waals surface area contributed by atoms with Gasteiger partial charge in [0.05, 0.1) is 12.0 Å². The molecule has 0 fully saturated rings. The average Bonchev–Trinajstić information content (AvgIpc) is 2.78. The van der Waals surface area contributed by atoms with Crippen LogP contribution < -0.4 is 10.5 Å². The number of thiocarbonyl (C=S) groups is 1. The first-order valence-electron chi connectivity index (χ1n) is 6.26. The lowest BCUT2D eigenvalue weighted by Crippen LogP contribution is -2.10. The van der Waals surface area contributed by atoms with E-state index < -0.39 is 0 Å². The van der Waals surface area contributed by atoms with Crippen molar-refractivity contribution in [2.75, 3.05) is 18.1 Å². The van der Waals surface area contributed by atoms with Gasteiger partial charge in [-0.2, -0.15) is 11.8 Å². The van der Waals surface area contributed by atoms with Crippen LogP contribution in [-0.4, -0.2) is 23.1 Å². The van der Waals surface area contributed by atoms with Crippen molar-refractivity contribution in [3.05, 3.63) is 30.0 Å². The van der Waals surface area contributed by atoms with Gasteiger partial charge in [-0.25, -0.2) is 0 Å². The summed E-state index contributed by atoms with van der Waals surface area (Å²) in [5.41, 5.74) is 6.44. The van der Waals surface area contributed by atoms with Crippen LogP contribution in [0.5, 0.6) is 5.75 Å². The van der Waals surface area contributed by atoms with Crippen molar-refractivity contribution in [3.8, 4) is 5.75 Å². The first-order chi connectivity index (χ1) is 9.24. The van der Waals surface area contributed by atoms with Crippen LogP contribution in [0.2, 0.25) is 0 Å². The molecule has 1 aromatic carbocycles. The molecule has 1 aromatic heterocycles. The van der Waals surface area contributed by atoms with E-state index in [1.807, 2.05) is 36.0 Å². The van der Waals surface area contributed by atoms with Crippen molar-refractivity contribution < 1.29 is 9.15 Å². The van der Waals surface area contributed by atoms with Gasteiger partial charge in [0, 0.05) is 0 Å². The topological polar surface area (TPSA) is 48.4 Å². The molecule has 102 valence electrons. The summed E-state index contributed by atoms with van der Waals surface area (Å²) in [6.07, 6.45) is 0.995. The Labute approximate surface area is 122 Å². The van der Waals surface area contributed by atoms with Gasteiger partial charge in [-0.15, -0.1) is 0 Å². The van der Waals surface area contributed by atoms with E-state index >= 15 is 0 Å². The highest BCUT2D eigenvalue weighted by Gasteiger charge is 2.17.